The quantitative estimate of drug-likeness (QED) is 0.555. The van der Waals surface area contributed by atoms with Gasteiger partial charge in [-0.25, -0.2) is 4.39 Å². The Labute approximate surface area is 63.5 Å². The first-order valence-corrected chi connectivity index (χ1v) is 3.29. The fourth-order valence-corrected chi connectivity index (χ4v) is 1.02. The van der Waals surface area contributed by atoms with Crippen molar-refractivity contribution in [3.05, 3.63) is 42.5 Å². The van der Waals surface area contributed by atoms with Gasteiger partial charge >= 0.3 is 0 Å². The molecule has 0 bridgehead atoms. The fraction of sp³-hybridized carbons (Fsp3) is 0. The van der Waals surface area contributed by atoms with E-state index in [-0.39, 0.29) is 5.82 Å². The van der Waals surface area contributed by atoms with Crippen molar-refractivity contribution in [2.24, 2.45) is 0 Å². The SMILES string of the molecule is Fc1cn[c]c2ccccc12. The Kier molecular flexibility index (Phi) is 1.32. The summed E-state index contributed by atoms with van der Waals surface area (Å²) in [4.78, 5) is 3.61. The third-order valence-corrected chi connectivity index (χ3v) is 1.55. The molecule has 0 aliphatic carbocycles. The van der Waals surface area contributed by atoms with E-state index in [1.54, 1.807) is 18.2 Å². The van der Waals surface area contributed by atoms with Crippen molar-refractivity contribution in [2.75, 3.05) is 0 Å². The number of nitrogens with zero attached hydrogens (tertiary/aromatic N) is 1. The zero-order valence-corrected chi connectivity index (χ0v) is 5.71. The van der Waals surface area contributed by atoms with Crippen LogP contribution >= 0.6 is 0 Å². The Morgan fingerprint density at radius 3 is 2.91 bits per heavy atom. The Hall–Kier alpha value is -1.44. The monoisotopic (exact) mass is 146 g/mol. The van der Waals surface area contributed by atoms with Crippen LogP contribution in [0.1, 0.15) is 0 Å². The van der Waals surface area contributed by atoms with E-state index in [0.717, 1.165) is 0 Å². The molecule has 1 radical (unpaired) electrons. The van der Waals surface area contributed by atoms with Crippen LogP contribution in [0.4, 0.5) is 4.39 Å². The van der Waals surface area contributed by atoms with E-state index >= 15 is 0 Å². The van der Waals surface area contributed by atoms with Crippen LogP contribution in [-0.2, 0) is 0 Å². The van der Waals surface area contributed by atoms with Crippen LogP contribution in [-0.4, -0.2) is 4.98 Å². The average molecular weight is 146 g/mol. The van der Waals surface area contributed by atoms with Crippen molar-refractivity contribution in [1.29, 1.82) is 0 Å². The maximum absolute atomic E-state index is 12.9. The minimum Gasteiger partial charge on any atom is -0.251 e. The largest absolute Gasteiger partial charge is 0.251 e. The molecule has 0 spiro atoms. The van der Waals surface area contributed by atoms with Gasteiger partial charge in [-0.05, 0) is 0 Å². The number of fused-ring (bicyclic) bond motifs is 1. The second kappa shape index (κ2) is 2.31. The van der Waals surface area contributed by atoms with Crippen LogP contribution in [0, 0.1) is 12.0 Å². The summed E-state index contributed by atoms with van der Waals surface area (Å²) >= 11 is 0. The van der Waals surface area contributed by atoms with E-state index in [9.17, 15) is 4.39 Å². The first kappa shape index (κ1) is 6.28. The highest BCUT2D eigenvalue weighted by Crippen LogP contribution is 2.13. The van der Waals surface area contributed by atoms with Gasteiger partial charge in [0.05, 0.1) is 12.4 Å². The van der Waals surface area contributed by atoms with Crippen molar-refractivity contribution in [3.8, 4) is 0 Å². The van der Waals surface area contributed by atoms with E-state index in [4.69, 9.17) is 0 Å². The van der Waals surface area contributed by atoms with Crippen molar-refractivity contribution >= 4 is 10.8 Å². The summed E-state index contributed by atoms with van der Waals surface area (Å²) < 4.78 is 12.9. The predicted octanol–water partition coefficient (Wildman–Crippen LogP) is 2.17. The topological polar surface area (TPSA) is 12.9 Å². The second-order valence-corrected chi connectivity index (χ2v) is 2.26. The lowest BCUT2D eigenvalue weighted by molar-refractivity contribution is 0.634. The van der Waals surface area contributed by atoms with Crippen LogP contribution < -0.4 is 0 Å². The molecule has 1 heterocycles. The number of pyridine rings is 1. The number of hydrogen-bond donors (Lipinski definition) is 0. The fourth-order valence-electron chi connectivity index (χ4n) is 1.02. The van der Waals surface area contributed by atoms with Crippen LogP contribution in [0.15, 0.2) is 30.5 Å². The molecule has 0 amide bonds. The highest BCUT2D eigenvalue weighted by Gasteiger charge is 1.97. The van der Waals surface area contributed by atoms with Gasteiger partial charge in [-0.3, -0.25) is 4.98 Å². The Morgan fingerprint density at radius 1 is 1.27 bits per heavy atom. The first-order chi connectivity index (χ1) is 5.38. The van der Waals surface area contributed by atoms with Crippen molar-refractivity contribution in [2.45, 2.75) is 0 Å². The summed E-state index contributed by atoms with van der Waals surface area (Å²) in [5, 5.41) is 1.29. The molecule has 11 heavy (non-hydrogen) atoms. The normalized spacial score (nSPS) is 10.3. The lowest BCUT2D eigenvalue weighted by atomic mass is 10.2. The van der Waals surface area contributed by atoms with Gasteiger partial charge < -0.3 is 0 Å². The summed E-state index contributed by atoms with van der Waals surface area (Å²) in [6.07, 6.45) is 3.87. The molecule has 1 aromatic heterocycles. The Bertz CT molecular complexity index is 379. The number of halogens is 1. The molecule has 2 aromatic rings. The van der Waals surface area contributed by atoms with Crippen molar-refractivity contribution in [1.82, 2.24) is 4.98 Å². The highest BCUT2D eigenvalue weighted by molar-refractivity contribution is 5.81. The maximum Gasteiger partial charge on any atom is 0.149 e. The van der Waals surface area contributed by atoms with Gasteiger partial charge in [0, 0.05) is 10.8 Å². The van der Waals surface area contributed by atoms with Gasteiger partial charge in [-0.15, -0.1) is 0 Å². The minimum absolute atomic E-state index is 0.292. The zero-order chi connectivity index (χ0) is 7.68. The van der Waals surface area contributed by atoms with Gasteiger partial charge in [0.25, 0.3) is 0 Å². The van der Waals surface area contributed by atoms with E-state index in [1.807, 2.05) is 6.07 Å². The molecule has 1 nitrogen and oxygen atoms in total. The highest BCUT2D eigenvalue weighted by atomic mass is 19.1. The van der Waals surface area contributed by atoms with Crippen LogP contribution in [0.25, 0.3) is 10.8 Å². The third-order valence-electron chi connectivity index (χ3n) is 1.55. The molecule has 0 aliphatic heterocycles. The molecule has 0 N–H and O–H groups in total. The summed E-state index contributed by atoms with van der Waals surface area (Å²) in [7, 11) is 0. The van der Waals surface area contributed by atoms with Crippen molar-refractivity contribution < 1.29 is 4.39 Å². The molecular formula is C9H5FN. The van der Waals surface area contributed by atoms with Crippen LogP contribution in [0.5, 0.6) is 0 Å². The molecule has 2 heteroatoms. The predicted molar refractivity (Wildman–Crippen MR) is 40.5 cm³/mol. The Balaban J connectivity index is 2.91. The van der Waals surface area contributed by atoms with E-state index in [2.05, 4.69) is 11.2 Å². The molecule has 1 aromatic carbocycles. The Morgan fingerprint density at radius 2 is 2.09 bits per heavy atom. The van der Waals surface area contributed by atoms with Crippen LogP contribution in [0.2, 0.25) is 0 Å². The maximum atomic E-state index is 12.9. The number of rotatable bonds is 0. The molecule has 0 fully saturated rings. The van der Waals surface area contributed by atoms with E-state index < -0.39 is 0 Å². The second-order valence-electron chi connectivity index (χ2n) is 2.26. The molecule has 0 unspecified atom stereocenters. The molecule has 2 rings (SSSR count). The van der Waals surface area contributed by atoms with Gasteiger partial charge in [0.15, 0.2) is 0 Å². The summed E-state index contributed by atoms with van der Waals surface area (Å²) in [5.41, 5.74) is 0. The van der Waals surface area contributed by atoms with E-state index in [0.29, 0.717) is 10.8 Å². The summed E-state index contributed by atoms with van der Waals surface area (Å²) in [5.74, 6) is -0.292. The molecule has 53 valence electrons. The van der Waals surface area contributed by atoms with Gasteiger partial charge in [-0.2, -0.15) is 0 Å². The standard InChI is InChI=1S/C9H5FN/c10-9-6-11-5-7-3-1-2-4-8(7)9/h1-4,6H. The van der Waals surface area contributed by atoms with Gasteiger partial charge in [0.1, 0.15) is 5.82 Å². The molecule has 0 atom stereocenters. The molecule has 0 saturated heterocycles. The number of aromatic nitrogens is 1. The lowest BCUT2D eigenvalue weighted by Crippen LogP contribution is -1.80. The van der Waals surface area contributed by atoms with E-state index in [1.165, 1.54) is 6.20 Å². The number of hydrogen-bond acceptors (Lipinski definition) is 1. The van der Waals surface area contributed by atoms with Gasteiger partial charge in [0.2, 0.25) is 0 Å². The summed E-state index contributed by atoms with van der Waals surface area (Å²) in [6.45, 7) is 0. The average Bonchev–Trinajstić information content (AvgIpc) is 2.06. The first-order valence-electron chi connectivity index (χ1n) is 3.29. The smallest absolute Gasteiger partial charge is 0.149 e. The minimum atomic E-state index is -0.292. The number of benzene rings is 1. The molecular weight excluding hydrogens is 141 g/mol. The molecule has 0 aliphatic rings. The van der Waals surface area contributed by atoms with Crippen LogP contribution in [0.3, 0.4) is 0 Å². The summed E-state index contributed by atoms with van der Waals surface area (Å²) in [6, 6.07) is 7.12. The molecule has 0 saturated carbocycles. The lowest BCUT2D eigenvalue weighted by Gasteiger charge is -1.94. The van der Waals surface area contributed by atoms with Gasteiger partial charge in [-0.1, -0.05) is 24.3 Å². The van der Waals surface area contributed by atoms with Crippen molar-refractivity contribution in [3.63, 3.8) is 0 Å². The third kappa shape index (κ3) is 0.963. The zero-order valence-electron chi connectivity index (χ0n) is 5.71.